The van der Waals surface area contributed by atoms with Crippen molar-refractivity contribution in [1.29, 1.82) is 0 Å². The van der Waals surface area contributed by atoms with Crippen LogP contribution in [0.2, 0.25) is 0 Å². The molecule has 0 aliphatic rings. The van der Waals surface area contributed by atoms with E-state index in [-0.39, 0.29) is 25.7 Å². The summed E-state index contributed by atoms with van der Waals surface area (Å²) >= 11 is 0. The van der Waals surface area contributed by atoms with E-state index >= 15 is 0 Å². The maximum absolute atomic E-state index is 10.4. The summed E-state index contributed by atoms with van der Waals surface area (Å²) in [6.45, 7) is 2.63. The largest absolute Gasteiger partial charge is 0.396 e. The van der Waals surface area contributed by atoms with E-state index in [2.05, 4.69) is 4.99 Å². The van der Waals surface area contributed by atoms with Crippen LogP contribution in [0.3, 0.4) is 0 Å². The Morgan fingerprint density at radius 2 is 1.84 bits per heavy atom. The average Bonchev–Trinajstić information content (AvgIpc) is 2.44. The fraction of sp³-hybridized carbons (Fsp3) is 0.500. The molecule has 1 rings (SSSR count). The van der Waals surface area contributed by atoms with Crippen LogP contribution >= 0.6 is 0 Å². The molecule has 19 heavy (non-hydrogen) atoms. The Morgan fingerprint density at radius 1 is 1.26 bits per heavy atom. The first-order valence-electron chi connectivity index (χ1n) is 6.05. The van der Waals surface area contributed by atoms with Gasteiger partial charge in [-0.2, -0.15) is 4.99 Å². The lowest BCUT2D eigenvalue weighted by Gasteiger charge is -2.34. The molecule has 0 aliphatic carbocycles. The van der Waals surface area contributed by atoms with Crippen molar-refractivity contribution in [2.24, 2.45) is 10.4 Å². The van der Waals surface area contributed by atoms with E-state index in [1.807, 2.05) is 19.9 Å². The molecule has 0 saturated carbocycles. The zero-order valence-electron chi connectivity index (χ0n) is 11.1. The van der Waals surface area contributed by atoms with Crippen LogP contribution in [-0.2, 0) is 4.79 Å². The minimum absolute atomic E-state index is 0.284. The molecule has 0 bridgehead atoms. The molecule has 5 nitrogen and oxygen atoms in total. The maximum Gasteiger partial charge on any atom is 0.240 e. The van der Waals surface area contributed by atoms with Crippen molar-refractivity contribution < 1.29 is 20.1 Å². The van der Waals surface area contributed by atoms with Crippen molar-refractivity contribution in [2.45, 2.75) is 19.8 Å². The summed E-state index contributed by atoms with van der Waals surface area (Å²) in [7, 11) is 0. The highest BCUT2D eigenvalue weighted by molar-refractivity contribution is 5.55. The first-order valence-corrected chi connectivity index (χ1v) is 6.05. The van der Waals surface area contributed by atoms with E-state index in [9.17, 15) is 20.1 Å². The van der Waals surface area contributed by atoms with Gasteiger partial charge in [0.1, 0.15) is 0 Å². The fourth-order valence-corrected chi connectivity index (χ4v) is 1.98. The Bertz CT molecular complexity index is 468. The lowest BCUT2D eigenvalue weighted by molar-refractivity contribution is -0.0111. The van der Waals surface area contributed by atoms with Crippen LogP contribution in [0.25, 0.3) is 0 Å². The Kier molecular flexibility index (Phi) is 5.39. The van der Waals surface area contributed by atoms with Crippen LogP contribution in [0.4, 0.5) is 5.69 Å². The Morgan fingerprint density at radius 3 is 2.32 bits per heavy atom. The van der Waals surface area contributed by atoms with Crippen molar-refractivity contribution >= 4 is 11.8 Å². The first kappa shape index (κ1) is 15.5. The highest BCUT2D eigenvalue weighted by Crippen LogP contribution is 2.36. The number of benzene rings is 1. The second-order valence-corrected chi connectivity index (χ2v) is 4.81. The van der Waals surface area contributed by atoms with Gasteiger partial charge in [-0.1, -0.05) is 19.1 Å². The molecule has 0 saturated heterocycles. The Hall–Kier alpha value is -1.52. The first-order chi connectivity index (χ1) is 9.04. The van der Waals surface area contributed by atoms with Gasteiger partial charge < -0.3 is 15.3 Å². The van der Waals surface area contributed by atoms with Gasteiger partial charge in [0.15, 0.2) is 0 Å². The minimum atomic E-state index is -1.00. The van der Waals surface area contributed by atoms with Gasteiger partial charge in [-0.05, 0) is 30.0 Å². The number of aliphatic hydroxyl groups excluding tert-OH is 3. The molecule has 0 fully saturated rings. The third kappa shape index (κ3) is 3.08. The normalized spacial score (nSPS) is 12.9. The number of rotatable bonds is 6. The number of aliphatic hydroxyl groups is 3. The molecule has 0 spiro atoms. The molecule has 0 amide bonds. The highest BCUT2D eigenvalue weighted by atomic mass is 16.3. The Labute approximate surface area is 112 Å². The zero-order valence-corrected chi connectivity index (χ0v) is 11.1. The second-order valence-electron chi connectivity index (χ2n) is 4.81. The van der Waals surface area contributed by atoms with Gasteiger partial charge >= 0.3 is 0 Å². The fourth-order valence-electron chi connectivity index (χ4n) is 1.98. The van der Waals surface area contributed by atoms with Gasteiger partial charge in [0, 0.05) is 5.41 Å². The molecule has 3 N–H and O–H groups in total. The quantitative estimate of drug-likeness (QED) is 0.529. The summed E-state index contributed by atoms with van der Waals surface area (Å²) in [5.41, 5.74) is 1.12. The van der Waals surface area contributed by atoms with Crippen molar-refractivity contribution in [3.63, 3.8) is 0 Å². The van der Waals surface area contributed by atoms with Gasteiger partial charge in [0.2, 0.25) is 6.08 Å². The number of aliphatic imine (C=N–C) groups is 1. The SMILES string of the molecule is Cc1ccc(C(C)C(CO)(CO)CO)cc1N=C=O. The van der Waals surface area contributed by atoms with Gasteiger partial charge in [0.25, 0.3) is 0 Å². The van der Waals surface area contributed by atoms with E-state index in [1.54, 1.807) is 12.1 Å². The zero-order chi connectivity index (χ0) is 14.5. The molecule has 0 radical (unpaired) electrons. The van der Waals surface area contributed by atoms with E-state index in [0.717, 1.165) is 11.1 Å². The lowest BCUT2D eigenvalue weighted by atomic mass is 9.74. The summed E-state index contributed by atoms with van der Waals surface area (Å²) in [5.74, 6) is -0.284. The molecule has 0 heterocycles. The van der Waals surface area contributed by atoms with Gasteiger partial charge in [0.05, 0.1) is 25.5 Å². The van der Waals surface area contributed by atoms with Crippen LogP contribution in [0.5, 0.6) is 0 Å². The predicted octanol–water partition coefficient (Wildman–Crippen LogP) is 1.03. The van der Waals surface area contributed by atoms with Crippen LogP contribution in [0.1, 0.15) is 24.0 Å². The molecule has 1 unspecified atom stereocenters. The van der Waals surface area contributed by atoms with Gasteiger partial charge in [-0.3, -0.25) is 0 Å². The molecular weight excluding hydrogens is 246 g/mol. The number of hydrogen-bond donors (Lipinski definition) is 3. The molecule has 0 aromatic heterocycles. The molecule has 1 atom stereocenters. The van der Waals surface area contributed by atoms with Crippen molar-refractivity contribution in [3.8, 4) is 0 Å². The number of hydrogen-bond acceptors (Lipinski definition) is 5. The summed E-state index contributed by atoms with van der Waals surface area (Å²) in [4.78, 5) is 14.0. The van der Waals surface area contributed by atoms with E-state index in [0.29, 0.717) is 5.69 Å². The number of aryl methyl sites for hydroxylation is 1. The smallest absolute Gasteiger partial charge is 0.240 e. The molecule has 5 heteroatoms. The topological polar surface area (TPSA) is 90.1 Å². The van der Waals surface area contributed by atoms with Crippen molar-refractivity contribution in [3.05, 3.63) is 29.3 Å². The summed E-state index contributed by atoms with van der Waals surface area (Å²) in [6.07, 6.45) is 1.50. The van der Waals surface area contributed by atoms with Crippen molar-refractivity contribution in [1.82, 2.24) is 0 Å². The highest BCUT2D eigenvalue weighted by Gasteiger charge is 2.35. The predicted molar refractivity (Wildman–Crippen MR) is 71.1 cm³/mol. The van der Waals surface area contributed by atoms with Gasteiger partial charge in [-0.25, -0.2) is 4.79 Å². The van der Waals surface area contributed by atoms with Crippen LogP contribution in [0.15, 0.2) is 23.2 Å². The third-order valence-corrected chi connectivity index (χ3v) is 3.76. The number of isocyanates is 1. The third-order valence-electron chi connectivity index (χ3n) is 3.76. The lowest BCUT2D eigenvalue weighted by Crippen LogP contribution is -2.39. The monoisotopic (exact) mass is 265 g/mol. The van der Waals surface area contributed by atoms with Crippen LogP contribution in [-0.4, -0.2) is 41.2 Å². The summed E-state index contributed by atoms with van der Waals surface area (Å²) < 4.78 is 0. The van der Waals surface area contributed by atoms with Gasteiger partial charge in [-0.15, -0.1) is 0 Å². The van der Waals surface area contributed by atoms with Crippen LogP contribution in [0, 0.1) is 12.3 Å². The van der Waals surface area contributed by atoms with Crippen molar-refractivity contribution in [2.75, 3.05) is 19.8 Å². The number of nitrogens with zero attached hydrogens (tertiary/aromatic N) is 1. The molecular formula is C14H19NO4. The molecule has 1 aromatic carbocycles. The van der Waals surface area contributed by atoms with E-state index < -0.39 is 5.41 Å². The average molecular weight is 265 g/mol. The summed E-state index contributed by atoms with van der Waals surface area (Å²) in [6, 6.07) is 5.35. The summed E-state index contributed by atoms with van der Waals surface area (Å²) in [5, 5.41) is 28.3. The minimum Gasteiger partial charge on any atom is -0.396 e. The van der Waals surface area contributed by atoms with E-state index in [1.165, 1.54) is 6.08 Å². The van der Waals surface area contributed by atoms with E-state index in [4.69, 9.17) is 0 Å². The molecule has 0 aliphatic heterocycles. The second kappa shape index (κ2) is 6.59. The number of carbonyl (C=O) groups excluding carboxylic acids is 1. The molecule has 104 valence electrons. The maximum atomic E-state index is 10.4. The Balaban J connectivity index is 3.22. The molecule has 1 aromatic rings. The standard InChI is InChI=1S/C14H19NO4/c1-10-3-4-12(5-13(10)15-9-19)11(2)14(6-16,7-17)8-18/h3-5,11,16-18H,6-8H2,1-2H3. The van der Waals surface area contributed by atoms with Crippen LogP contribution < -0.4 is 0 Å².